The Morgan fingerprint density at radius 1 is 1.23 bits per heavy atom. The topological polar surface area (TPSA) is 67.7 Å². The van der Waals surface area contributed by atoms with Crippen molar-refractivity contribution >= 4 is 12.0 Å². The molecule has 1 fully saturated rings. The van der Waals surface area contributed by atoms with Gasteiger partial charge in [0.25, 0.3) is 5.91 Å². The Bertz CT molecular complexity index is 886. The summed E-state index contributed by atoms with van der Waals surface area (Å²) in [5.41, 5.74) is 1.92. The second-order valence-electron chi connectivity index (χ2n) is 8.74. The van der Waals surface area contributed by atoms with Crippen molar-refractivity contribution in [2.24, 2.45) is 0 Å². The van der Waals surface area contributed by atoms with Crippen LogP contribution in [-0.2, 0) is 11.2 Å². The average Bonchev–Trinajstić information content (AvgIpc) is 3.16. The van der Waals surface area contributed by atoms with Crippen LogP contribution in [0.25, 0.3) is 5.69 Å². The van der Waals surface area contributed by atoms with E-state index in [9.17, 15) is 9.59 Å². The number of hydrogen-bond acceptors (Lipinski definition) is 4. The molecule has 1 unspecified atom stereocenters. The Balaban J connectivity index is 1.76. The van der Waals surface area contributed by atoms with E-state index in [1.54, 1.807) is 18.1 Å². The first kappa shape index (κ1) is 21.9. The Labute approximate surface area is 178 Å². The fourth-order valence-corrected chi connectivity index (χ4v) is 3.79. The van der Waals surface area contributed by atoms with Crippen LogP contribution in [-0.4, -0.2) is 63.4 Å². The average molecular weight is 413 g/mol. The molecular weight excluding hydrogens is 380 g/mol. The van der Waals surface area contributed by atoms with Crippen LogP contribution in [0.2, 0.25) is 0 Å². The van der Waals surface area contributed by atoms with E-state index >= 15 is 0 Å². The minimum atomic E-state index is -0.544. The predicted octanol–water partition coefficient (Wildman–Crippen LogP) is 3.91. The monoisotopic (exact) mass is 412 g/mol. The molecule has 1 aromatic carbocycles. The Hall–Kier alpha value is -2.83. The third-order valence-corrected chi connectivity index (χ3v) is 5.35. The van der Waals surface area contributed by atoms with Gasteiger partial charge in [-0.2, -0.15) is 5.10 Å². The maximum absolute atomic E-state index is 13.3. The summed E-state index contributed by atoms with van der Waals surface area (Å²) in [6.07, 6.45) is 3.70. The molecule has 1 aliphatic rings. The number of likely N-dealkylation sites (N-methyl/N-ethyl adjacent to an activating group) is 1. The molecule has 7 nitrogen and oxygen atoms in total. The largest absolute Gasteiger partial charge is 0.444 e. The first-order valence-electron chi connectivity index (χ1n) is 10.6. The van der Waals surface area contributed by atoms with Crippen molar-refractivity contribution in [2.75, 3.05) is 20.1 Å². The molecule has 0 spiro atoms. The van der Waals surface area contributed by atoms with Crippen LogP contribution < -0.4 is 0 Å². The Kier molecular flexibility index (Phi) is 6.48. The number of ether oxygens (including phenoxy) is 1. The molecule has 3 rings (SSSR count). The lowest BCUT2D eigenvalue weighted by Crippen LogP contribution is -2.51. The van der Waals surface area contributed by atoms with Gasteiger partial charge in [-0.3, -0.25) is 4.79 Å². The van der Waals surface area contributed by atoms with Gasteiger partial charge >= 0.3 is 6.09 Å². The van der Waals surface area contributed by atoms with E-state index in [0.717, 1.165) is 24.2 Å². The predicted molar refractivity (Wildman–Crippen MR) is 116 cm³/mol. The molecule has 2 amide bonds. The third-order valence-electron chi connectivity index (χ3n) is 5.35. The highest BCUT2D eigenvalue weighted by molar-refractivity contribution is 5.95. The highest BCUT2D eigenvalue weighted by Crippen LogP contribution is 2.22. The zero-order valence-electron chi connectivity index (χ0n) is 18.6. The molecule has 1 saturated heterocycles. The van der Waals surface area contributed by atoms with E-state index in [2.05, 4.69) is 5.10 Å². The number of amides is 2. The first-order chi connectivity index (χ1) is 14.2. The summed E-state index contributed by atoms with van der Waals surface area (Å²) in [6, 6.07) is 9.77. The van der Waals surface area contributed by atoms with Crippen LogP contribution in [0.5, 0.6) is 0 Å². The smallest absolute Gasteiger partial charge is 0.410 e. The summed E-state index contributed by atoms with van der Waals surface area (Å²) >= 11 is 0. The van der Waals surface area contributed by atoms with Gasteiger partial charge in [-0.1, -0.05) is 25.1 Å². The summed E-state index contributed by atoms with van der Waals surface area (Å²) in [6.45, 7) is 8.76. The van der Waals surface area contributed by atoms with E-state index in [0.29, 0.717) is 25.1 Å². The first-order valence-corrected chi connectivity index (χ1v) is 10.6. The molecule has 162 valence electrons. The van der Waals surface area contributed by atoms with Crippen LogP contribution in [0.1, 0.15) is 56.6 Å². The van der Waals surface area contributed by atoms with E-state index in [4.69, 9.17) is 4.74 Å². The molecule has 0 bridgehead atoms. The van der Waals surface area contributed by atoms with Crippen molar-refractivity contribution in [3.8, 4) is 5.69 Å². The number of aromatic nitrogens is 2. The second-order valence-corrected chi connectivity index (χ2v) is 8.74. The van der Waals surface area contributed by atoms with Crippen molar-refractivity contribution in [1.29, 1.82) is 0 Å². The van der Waals surface area contributed by atoms with Gasteiger partial charge < -0.3 is 14.5 Å². The van der Waals surface area contributed by atoms with Gasteiger partial charge in [0.05, 0.1) is 29.2 Å². The molecule has 30 heavy (non-hydrogen) atoms. The molecular formula is C23H32N4O3. The summed E-state index contributed by atoms with van der Waals surface area (Å²) in [5, 5.41) is 4.48. The van der Waals surface area contributed by atoms with Crippen molar-refractivity contribution in [3.63, 3.8) is 0 Å². The van der Waals surface area contributed by atoms with E-state index < -0.39 is 5.60 Å². The minimum Gasteiger partial charge on any atom is -0.444 e. The number of piperidine rings is 1. The van der Waals surface area contributed by atoms with Crippen LogP contribution in [0.3, 0.4) is 0 Å². The zero-order valence-corrected chi connectivity index (χ0v) is 18.6. The van der Waals surface area contributed by atoms with Crippen molar-refractivity contribution < 1.29 is 14.3 Å². The quantitative estimate of drug-likeness (QED) is 0.764. The molecule has 0 N–H and O–H groups in total. The van der Waals surface area contributed by atoms with Crippen LogP contribution >= 0.6 is 0 Å². The van der Waals surface area contributed by atoms with Gasteiger partial charge in [0.1, 0.15) is 5.60 Å². The molecule has 0 aliphatic carbocycles. The summed E-state index contributed by atoms with van der Waals surface area (Å²) in [5.74, 6) is -0.0312. The van der Waals surface area contributed by atoms with E-state index in [1.807, 2.05) is 67.6 Å². The number of hydrogen-bond donors (Lipinski definition) is 0. The number of para-hydroxylation sites is 1. The lowest BCUT2D eigenvalue weighted by Gasteiger charge is -2.38. The summed E-state index contributed by atoms with van der Waals surface area (Å²) in [7, 11) is 1.75. The molecule has 1 aromatic heterocycles. The Morgan fingerprint density at radius 2 is 1.93 bits per heavy atom. The number of carbonyl (C=O) groups is 2. The van der Waals surface area contributed by atoms with Crippen LogP contribution in [0.4, 0.5) is 4.79 Å². The van der Waals surface area contributed by atoms with Crippen LogP contribution in [0.15, 0.2) is 36.5 Å². The highest BCUT2D eigenvalue weighted by atomic mass is 16.6. The standard InChI is InChI=1S/C23H32N4O3/c1-6-20-19(15-24-27(20)17-11-8-7-9-12-17)21(28)26-14-10-13-18(16-26)25(5)22(29)30-23(2,3)4/h7-9,11-12,15,18H,6,10,13-14,16H2,1-5H3. The van der Waals surface area contributed by atoms with Gasteiger partial charge in [-0.05, 0) is 52.2 Å². The van der Waals surface area contributed by atoms with E-state index in [-0.39, 0.29) is 18.0 Å². The number of carbonyl (C=O) groups excluding carboxylic acids is 2. The van der Waals surface area contributed by atoms with Gasteiger partial charge in [0.2, 0.25) is 0 Å². The van der Waals surface area contributed by atoms with Gasteiger partial charge in [-0.25, -0.2) is 9.48 Å². The summed E-state index contributed by atoms with van der Waals surface area (Å²) < 4.78 is 7.33. The molecule has 1 atom stereocenters. The fourth-order valence-electron chi connectivity index (χ4n) is 3.79. The van der Waals surface area contributed by atoms with Crippen LogP contribution in [0, 0.1) is 0 Å². The molecule has 0 radical (unpaired) electrons. The molecule has 7 heteroatoms. The SMILES string of the molecule is CCc1c(C(=O)N2CCCC(N(C)C(=O)OC(C)(C)C)C2)cnn1-c1ccccc1. The minimum absolute atomic E-state index is 0.0312. The van der Waals surface area contributed by atoms with Gasteiger partial charge in [-0.15, -0.1) is 0 Å². The highest BCUT2D eigenvalue weighted by Gasteiger charge is 2.32. The normalized spacial score (nSPS) is 17.0. The van der Waals surface area contributed by atoms with Crippen molar-refractivity contribution in [2.45, 2.75) is 58.6 Å². The number of rotatable bonds is 4. The lowest BCUT2D eigenvalue weighted by atomic mass is 10.0. The lowest BCUT2D eigenvalue weighted by molar-refractivity contribution is 0.0131. The van der Waals surface area contributed by atoms with Gasteiger partial charge in [0.15, 0.2) is 0 Å². The maximum Gasteiger partial charge on any atom is 0.410 e. The molecule has 1 aliphatic heterocycles. The molecule has 0 saturated carbocycles. The number of nitrogens with zero attached hydrogens (tertiary/aromatic N) is 4. The maximum atomic E-state index is 13.3. The van der Waals surface area contributed by atoms with Gasteiger partial charge in [0, 0.05) is 20.1 Å². The van der Waals surface area contributed by atoms with Crippen molar-refractivity contribution in [3.05, 3.63) is 47.8 Å². The zero-order chi connectivity index (χ0) is 21.9. The number of likely N-dealkylation sites (tertiary alicyclic amines) is 1. The van der Waals surface area contributed by atoms with E-state index in [1.165, 1.54) is 0 Å². The summed E-state index contributed by atoms with van der Waals surface area (Å²) in [4.78, 5) is 29.2. The van der Waals surface area contributed by atoms with Crippen molar-refractivity contribution in [1.82, 2.24) is 19.6 Å². The second kappa shape index (κ2) is 8.90. The molecule has 2 aromatic rings. The third kappa shape index (κ3) is 4.83. The molecule has 2 heterocycles. The fraction of sp³-hybridized carbons (Fsp3) is 0.522. The Morgan fingerprint density at radius 3 is 2.57 bits per heavy atom. The number of benzene rings is 1.